The molecule has 2 rings (SSSR count). The number of likely N-dealkylation sites (tertiary alicyclic amines) is 1. The van der Waals surface area contributed by atoms with Gasteiger partial charge in [0.2, 0.25) is 5.91 Å². The summed E-state index contributed by atoms with van der Waals surface area (Å²) < 4.78 is -0.110. The number of halogens is 2. The average Bonchev–Trinajstić information content (AvgIpc) is 2.60. The Kier molecular flexibility index (Phi) is 2.74. The smallest absolute Gasteiger partial charge is 0.222 e. The highest BCUT2D eigenvalue weighted by molar-refractivity contribution is 9.25. The molecule has 0 aromatic carbocycles. The molecule has 3 nitrogen and oxygen atoms in total. The molecule has 0 aromatic rings. The normalized spacial score (nSPS) is 36.3. The van der Waals surface area contributed by atoms with Gasteiger partial charge in [0.1, 0.15) is 0 Å². The highest BCUT2D eigenvalue weighted by Gasteiger charge is 2.71. The van der Waals surface area contributed by atoms with E-state index in [4.69, 9.17) is 0 Å². The number of carbonyl (C=O) groups is 2. The summed E-state index contributed by atoms with van der Waals surface area (Å²) in [5.74, 6) is 0.788. The van der Waals surface area contributed by atoms with E-state index in [0.29, 0.717) is 18.9 Å². The van der Waals surface area contributed by atoms with E-state index in [1.54, 1.807) is 11.8 Å². The van der Waals surface area contributed by atoms with Gasteiger partial charge >= 0.3 is 0 Å². The maximum atomic E-state index is 11.6. The zero-order valence-corrected chi connectivity index (χ0v) is 11.8. The molecule has 0 radical (unpaired) electrons. The SMILES string of the molecule is CCC(=O)N1CC2[C@@H]([C@H]1C(C)=O)C2(Br)Br. The number of ketones is 1. The largest absolute Gasteiger partial charge is 0.332 e. The van der Waals surface area contributed by atoms with E-state index in [1.807, 2.05) is 6.92 Å². The van der Waals surface area contributed by atoms with Gasteiger partial charge in [0.25, 0.3) is 0 Å². The molecule has 15 heavy (non-hydrogen) atoms. The first-order valence-electron chi connectivity index (χ1n) is 5.09. The van der Waals surface area contributed by atoms with Gasteiger partial charge in [0, 0.05) is 24.8 Å². The minimum absolute atomic E-state index is 0.0817. The van der Waals surface area contributed by atoms with Gasteiger partial charge in [-0.15, -0.1) is 0 Å². The van der Waals surface area contributed by atoms with Crippen molar-refractivity contribution in [1.82, 2.24) is 4.90 Å². The quantitative estimate of drug-likeness (QED) is 0.721. The second-order valence-corrected chi connectivity index (χ2v) is 7.95. The molecule has 1 unspecified atom stereocenters. The van der Waals surface area contributed by atoms with Crippen molar-refractivity contribution in [1.29, 1.82) is 0 Å². The number of rotatable bonds is 2. The Morgan fingerprint density at radius 3 is 2.53 bits per heavy atom. The van der Waals surface area contributed by atoms with Crippen LogP contribution in [0, 0.1) is 11.8 Å². The summed E-state index contributed by atoms with van der Waals surface area (Å²) >= 11 is 7.13. The van der Waals surface area contributed by atoms with Gasteiger partial charge in [-0.3, -0.25) is 9.59 Å². The molecule has 5 heteroatoms. The molecule has 0 aromatic heterocycles. The van der Waals surface area contributed by atoms with Crippen LogP contribution in [0.2, 0.25) is 0 Å². The fourth-order valence-electron chi connectivity index (χ4n) is 2.53. The molecule has 2 fully saturated rings. The minimum Gasteiger partial charge on any atom is -0.332 e. The average molecular weight is 339 g/mol. The summed E-state index contributed by atoms with van der Waals surface area (Å²) in [6, 6.07) is -0.235. The Balaban J connectivity index is 2.19. The molecule has 0 bridgehead atoms. The van der Waals surface area contributed by atoms with E-state index >= 15 is 0 Å². The van der Waals surface area contributed by atoms with Crippen LogP contribution >= 0.6 is 31.9 Å². The molecule has 3 atom stereocenters. The molecule has 1 aliphatic heterocycles. The fourth-order valence-corrected chi connectivity index (χ4v) is 4.27. The van der Waals surface area contributed by atoms with Crippen LogP contribution in [0.4, 0.5) is 0 Å². The van der Waals surface area contributed by atoms with Gasteiger partial charge in [-0.25, -0.2) is 0 Å². The van der Waals surface area contributed by atoms with Crippen LogP contribution < -0.4 is 0 Å². The van der Waals surface area contributed by atoms with Gasteiger partial charge in [-0.05, 0) is 6.92 Å². The zero-order valence-electron chi connectivity index (χ0n) is 8.67. The summed E-state index contributed by atoms with van der Waals surface area (Å²) in [5.41, 5.74) is 0. The fraction of sp³-hybridized carbons (Fsp3) is 0.800. The van der Waals surface area contributed by atoms with Crippen LogP contribution in [0.1, 0.15) is 20.3 Å². The van der Waals surface area contributed by atoms with E-state index in [-0.39, 0.29) is 26.9 Å². The van der Waals surface area contributed by atoms with Crippen LogP contribution in [0.25, 0.3) is 0 Å². The van der Waals surface area contributed by atoms with Crippen LogP contribution in [0.3, 0.4) is 0 Å². The number of Topliss-reactive ketones (excluding diaryl/α,β-unsaturated/α-hetero) is 1. The molecular weight excluding hydrogens is 326 g/mol. The van der Waals surface area contributed by atoms with Crippen LogP contribution in [0.5, 0.6) is 0 Å². The van der Waals surface area contributed by atoms with Crippen LogP contribution in [0.15, 0.2) is 0 Å². The topological polar surface area (TPSA) is 37.4 Å². The first kappa shape index (κ1) is 11.6. The Morgan fingerprint density at radius 1 is 1.47 bits per heavy atom. The Bertz CT molecular complexity index is 329. The summed E-state index contributed by atoms with van der Waals surface area (Å²) in [7, 11) is 0. The number of fused-ring (bicyclic) bond motifs is 1. The van der Waals surface area contributed by atoms with Crippen molar-refractivity contribution in [2.24, 2.45) is 11.8 Å². The summed E-state index contributed by atoms with van der Waals surface area (Å²) in [5, 5.41) is 0. The second-order valence-electron chi connectivity index (χ2n) is 4.26. The van der Waals surface area contributed by atoms with Gasteiger partial charge in [0.15, 0.2) is 5.78 Å². The lowest BCUT2D eigenvalue weighted by Crippen LogP contribution is -2.44. The van der Waals surface area contributed by atoms with E-state index in [1.165, 1.54) is 0 Å². The lowest BCUT2D eigenvalue weighted by atomic mass is 10.1. The predicted octanol–water partition coefficient (Wildman–Crippen LogP) is 1.93. The number of hydrogen-bond donors (Lipinski definition) is 0. The van der Waals surface area contributed by atoms with Crippen molar-refractivity contribution in [2.45, 2.75) is 29.5 Å². The van der Waals surface area contributed by atoms with Gasteiger partial charge in [0.05, 0.1) is 9.28 Å². The second kappa shape index (κ2) is 3.55. The monoisotopic (exact) mass is 337 g/mol. The van der Waals surface area contributed by atoms with Gasteiger partial charge in [-0.2, -0.15) is 0 Å². The number of piperidine rings is 1. The maximum absolute atomic E-state index is 11.6. The molecule has 84 valence electrons. The van der Waals surface area contributed by atoms with Crippen molar-refractivity contribution < 1.29 is 9.59 Å². The first-order chi connectivity index (χ1) is 6.91. The van der Waals surface area contributed by atoms with Crippen LogP contribution in [-0.2, 0) is 9.59 Å². The molecule has 1 amide bonds. The number of amides is 1. The third kappa shape index (κ3) is 1.58. The number of nitrogens with zero attached hydrogens (tertiary/aromatic N) is 1. The summed E-state index contributed by atoms with van der Waals surface area (Å²) in [6.07, 6.45) is 0.473. The Labute approximate surface area is 106 Å². The highest BCUT2D eigenvalue weighted by atomic mass is 79.9. The van der Waals surface area contributed by atoms with E-state index < -0.39 is 0 Å². The number of hydrogen-bond acceptors (Lipinski definition) is 2. The molecular formula is C10H13Br2NO2. The van der Waals surface area contributed by atoms with Crippen molar-refractivity contribution in [2.75, 3.05) is 6.54 Å². The van der Waals surface area contributed by atoms with Crippen molar-refractivity contribution in [3.63, 3.8) is 0 Å². The molecule has 1 saturated heterocycles. The number of alkyl halides is 2. The lowest BCUT2D eigenvalue weighted by molar-refractivity contribution is -0.137. The molecule has 1 aliphatic carbocycles. The van der Waals surface area contributed by atoms with Crippen LogP contribution in [-0.4, -0.2) is 32.4 Å². The molecule has 2 aliphatic rings. The van der Waals surface area contributed by atoms with Gasteiger partial charge in [-0.1, -0.05) is 38.8 Å². The summed E-state index contributed by atoms with van der Waals surface area (Å²) in [6.45, 7) is 4.09. The van der Waals surface area contributed by atoms with E-state index in [0.717, 1.165) is 0 Å². The highest BCUT2D eigenvalue weighted by Crippen LogP contribution is 2.67. The third-order valence-corrected chi connectivity index (χ3v) is 5.61. The predicted molar refractivity (Wildman–Crippen MR) is 64.0 cm³/mol. The molecule has 0 N–H and O–H groups in total. The zero-order chi connectivity index (χ0) is 11.4. The molecule has 1 heterocycles. The Morgan fingerprint density at radius 2 is 2.07 bits per heavy atom. The molecule has 0 spiro atoms. The van der Waals surface area contributed by atoms with Crippen molar-refractivity contribution in [3.8, 4) is 0 Å². The minimum atomic E-state index is -0.235. The molecule has 1 saturated carbocycles. The van der Waals surface area contributed by atoms with Crippen molar-refractivity contribution in [3.05, 3.63) is 0 Å². The summed E-state index contributed by atoms with van der Waals surface area (Å²) in [4.78, 5) is 24.9. The van der Waals surface area contributed by atoms with Gasteiger partial charge < -0.3 is 4.90 Å². The lowest BCUT2D eigenvalue weighted by Gasteiger charge is -2.27. The van der Waals surface area contributed by atoms with E-state index in [2.05, 4.69) is 31.9 Å². The van der Waals surface area contributed by atoms with E-state index in [9.17, 15) is 9.59 Å². The number of carbonyl (C=O) groups excluding carboxylic acids is 2. The van der Waals surface area contributed by atoms with Crippen molar-refractivity contribution >= 4 is 43.6 Å². The Hall–Kier alpha value is 0.1000. The third-order valence-electron chi connectivity index (χ3n) is 3.37. The standard InChI is InChI=1S/C10H13Br2NO2/c1-3-7(15)13-4-6-8(10(6,11)12)9(13)5(2)14/h6,8-9H,3-4H2,1-2H3/t6?,8-,9+/m0/s1. The first-order valence-corrected chi connectivity index (χ1v) is 6.67. The maximum Gasteiger partial charge on any atom is 0.222 e.